The highest BCUT2D eigenvalue weighted by atomic mass is 16.5. The lowest BCUT2D eigenvalue weighted by Crippen LogP contribution is -2.54. The molecule has 1 aliphatic rings. The van der Waals surface area contributed by atoms with Gasteiger partial charge in [-0.2, -0.15) is 0 Å². The summed E-state index contributed by atoms with van der Waals surface area (Å²) >= 11 is 0. The van der Waals surface area contributed by atoms with Crippen LogP contribution >= 0.6 is 0 Å². The van der Waals surface area contributed by atoms with Gasteiger partial charge in [-0.1, -0.05) is 91.0 Å². The molecule has 3 heteroatoms. The van der Waals surface area contributed by atoms with Gasteiger partial charge in [-0.15, -0.1) is 0 Å². The van der Waals surface area contributed by atoms with Crippen molar-refractivity contribution in [3.8, 4) is 0 Å². The van der Waals surface area contributed by atoms with Gasteiger partial charge in [0.05, 0.1) is 6.04 Å². The molecular formula is C24H23NO2. The van der Waals surface area contributed by atoms with Crippen molar-refractivity contribution in [2.45, 2.75) is 25.1 Å². The van der Waals surface area contributed by atoms with E-state index in [1.165, 1.54) is 11.1 Å². The Morgan fingerprint density at radius 1 is 0.852 bits per heavy atom. The summed E-state index contributed by atoms with van der Waals surface area (Å²) in [5, 5.41) is 0. The third-order valence-corrected chi connectivity index (χ3v) is 5.12. The van der Waals surface area contributed by atoms with E-state index in [9.17, 15) is 4.79 Å². The molecule has 0 radical (unpaired) electrons. The number of carbonyl (C=O) groups excluding carboxylic acids is 1. The maximum Gasteiger partial charge on any atom is 0.323 e. The van der Waals surface area contributed by atoms with Crippen LogP contribution in [0.2, 0.25) is 0 Å². The number of carbonyl (C=O) groups is 1. The van der Waals surface area contributed by atoms with E-state index in [2.05, 4.69) is 29.2 Å². The molecule has 27 heavy (non-hydrogen) atoms. The highest BCUT2D eigenvalue weighted by molar-refractivity contribution is 5.77. The normalized spacial score (nSPS) is 16.7. The lowest BCUT2D eigenvalue weighted by atomic mass is 9.90. The van der Waals surface area contributed by atoms with E-state index in [4.69, 9.17) is 4.74 Å². The average molecular weight is 357 g/mol. The molecule has 3 aromatic carbocycles. The Kier molecular flexibility index (Phi) is 5.31. The smallest absolute Gasteiger partial charge is 0.323 e. The molecule has 0 saturated carbocycles. The number of esters is 1. The lowest BCUT2D eigenvalue weighted by Gasteiger charge is -2.44. The number of ether oxygens (including phenoxy) is 1. The Balaban J connectivity index is 1.51. The Morgan fingerprint density at radius 3 is 1.85 bits per heavy atom. The molecule has 0 N–H and O–H groups in total. The molecule has 4 rings (SSSR count). The second kappa shape index (κ2) is 8.19. The van der Waals surface area contributed by atoms with Crippen LogP contribution in [0, 0.1) is 0 Å². The predicted octanol–water partition coefficient (Wildman–Crippen LogP) is 4.59. The van der Waals surface area contributed by atoms with Gasteiger partial charge in [-0.05, 0) is 23.1 Å². The van der Waals surface area contributed by atoms with Crippen LogP contribution < -0.4 is 0 Å². The van der Waals surface area contributed by atoms with Crippen molar-refractivity contribution >= 4 is 5.97 Å². The van der Waals surface area contributed by atoms with Gasteiger partial charge in [0.15, 0.2) is 0 Å². The van der Waals surface area contributed by atoms with Crippen molar-refractivity contribution in [3.63, 3.8) is 0 Å². The summed E-state index contributed by atoms with van der Waals surface area (Å²) in [5.41, 5.74) is 3.41. The molecule has 0 amide bonds. The minimum Gasteiger partial charge on any atom is -0.460 e. The highest BCUT2D eigenvalue weighted by Gasteiger charge is 2.40. The first-order chi connectivity index (χ1) is 13.3. The topological polar surface area (TPSA) is 29.5 Å². The van der Waals surface area contributed by atoms with Crippen LogP contribution in [-0.4, -0.2) is 23.5 Å². The van der Waals surface area contributed by atoms with Gasteiger partial charge < -0.3 is 4.74 Å². The highest BCUT2D eigenvalue weighted by Crippen LogP contribution is 2.36. The monoisotopic (exact) mass is 357 g/mol. The zero-order valence-corrected chi connectivity index (χ0v) is 15.2. The molecule has 1 unspecified atom stereocenters. The third-order valence-electron chi connectivity index (χ3n) is 5.12. The first-order valence-corrected chi connectivity index (χ1v) is 9.39. The molecule has 1 saturated heterocycles. The molecule has 3 aromatic rings. The van der Waals surface area contributed by atoms with E-state index < -0.39 is 0 Å². The van der Waals surface area contributed by atoms with Crippen molar-refractivity contribution < 1.29 is 9.53 Å². The number of hydrogen-bond donors (Lipinski definition) is 0. The second-order valence-electron chi connectivity index (χ2n) is 6.86. The van der Waals surface area contributed by atoms with Gasteiger partial charge in [0.1, 0.15) is 12.6 Å². The largest absolute Gasteiger partial charge is 0.460 e. The molecule has 1 fully saturated rings. The molecule has 1 atom stereocenters. The molecular weight excluding hydrogens is 334 g/mol. The van der Waals surface area contributed by atoms with Gasteiger partial charge >= 0.3 is 5.97 Å². The molecule has 1 aliphatic heterocycles. The van der Waals surface area contributed by atoms with E-state index in [1.54, 1.807) is 0 Å². The second-order valence-corrected chi connectivity index (χ2v) is 6.86. The Bertz CT molecular complexity index is 825. The van der Waals surface area contributed by atoms with E-state index in [0.29, 0.717) is 6.61 Å². The van der Waals surface area contributed by atoms with E-state index in [-0.39, 0.29) is 18.1 Å². The van der Waals surface area contributed by atoms with Crippen molar-refractivity contribution in [1.29, 1.82) is 0 Å². The van der Waals surface area contributed by atoms with Crippen LogP contribution in [0.15, 0.2) is 91.0 Å². The molecule has 0 aromatic heterocycles. The van der Waals surface area contributed by atoms with E-state index >= 15 is 0 Å². The minimum atomic E-state index is -0.195. The SMILES string of the molecule is O=C(OCc1ccccc1)C1CCN1C(c1ccccc1)c1ccccc1. The Morgan fingerprint density at radius 2 is 1.37 bits per heavy atom. The maximum absolute atomic E-state index is 12.7. The van der Waals surface area contributed by atoms with E-state index in [0.717, 1.165) is 18.5 Å². The standard InChI is InChI=1S/C24H23NO2/c26-24(27-18-19-10-4-1-5-11-19)22-16-17-25(22)23(20-12-6-2-7-13-20)21-14-8-3-9-15-21/h1-15,22-23H,16-18H2. The quantitative estimate of drug-likeness (QED) is 0.604. The van der Waals surface area contributed by atoms with Crippen LogP contribution in [0.4, 0.5) is 0 Å². The summed E-state index contributed by atoms with van der Waals surface area (Å²) in [7, 11) is 0. The van der Waals surface area contributed by atoms with Gasteiger partial charge in [0.2, 0.25) is 0 Å². The molecule has 3 nitrogen and oxygen atoms in total. The summed E-state index contributed by atoms with van der Waals surface area (Å²) in [6, 6.07) is 30.4. The van der Waals surface area contributed by atoms with Gasteiger partial charge in [-0.3, -0.25) is 9.69 Å². The van der Waals surface area contributed by atoms with Gasteiger partial charge in [-0.25, -0.2) is 0 Å². The summed E-state index contributed by atoms with van der Waals surface area (Å²) in [4.78, 5) is 15.0. The number of nitrogens with zero attached hydrogens (tertiary/aromatic N) is 1. The number of likely N-dealkylation sites (tertiary alicyclic amines) is 1. The maximum atomic E-state index is 12.7. The average Bonchev–Trinajstić information content (AvgIpc) is 2.71. The van der Waals surface area contributed by atoms with Gasteiger partial charge in [0, 0.05) is 6.54 Å². The first kappa shape index (κ1) is 17.5. The fourth-order valence-corrected chi connectivity index (χ4v) is 3.64. The molecule has 0 spiro atoms. The van der Waals surface area contributed by atoms with Crippen molar-refractivity contribution in [3.05, 3.63) is 108 Å². The number of benzene rings is 3. The van der Waals surface area contributed by atoms with Crippen LogP contribution in [0.25, 0.3) is 0 Å². The number of hydrogen-bond acceptors (Lipinski definition) is 3. The molecule has 1 heterocycles. The summed E-state index contributed by atoms with van der Waals surface area (Å²) in [5.74, 6) is -0.137. The predicted molar refractivity (Wildman–Crippen MR) is 106 cm³/mol. The van der Waals surface area contributed by atoms with Crippen LogP contribution in [0.5, 0.6) is 0 Å². The van der Waals surface area contributed by atoms with Crippen LogP contribution in [-0.2, 0) is 16.1 Å². The Labute approximate surface area is 160 Å². The van der Waals surface area contributed by atoms with Gasteiger partial charge in [0.25, 0.3) is 0 Å². The van der Waals surface area contributed by atoms with Crippen molar-refractivity contribution in [2.24, 2.45) is 0 Å². The zero-order chi connectivity index (χ0) is 18.5. The Hall–Kier alpha value is -2.91. The fourth-order valence-electron chi connectivity index (χ4n) is 3.64. The molecule has 0 aliphatic carbocycles. The lowest BCUT2D eigenvalue weighted by molar-refractivity contribution is -0.157. The zero-order valence-electron chi connectivity index (χ0n) is 15.2. The summed E-state index contributed by atoms with van der Waals surface area (Å²) in [6.45, 7) is 1.21. The summed E-state index contributed by atoms with van der Waals surface area (Å²) < 4.78 is 5.60. The first-order valence-electron chi connectivity index (χ1n) is 9.39. The molecule has 136 valence electrons. The summed E-state index contributed by atoms with van der Waals surface area (Å²) in [6.07, 6.45) is 0.837. The van der Waals surface area contributed by atoms with E-state index in [1.807, 2.05) is 66.7 Å². The van der Waals surface area contributed by atoms with Crippen molar-refractivity contribution in [2.75, 3.05) is 6.54 Å². The fraction of sp³-hybridized carbons (Fsp3) is 0.208. The van der Waals surface area contributed by atoms with Crippen molar-refractivity contribution in [1.82, 2.24) is 4.90 Å². The minimum absolute atomic E-state index is 0.0652. The third kappa shape index (κ3) is 3.93. The number of rotatable bonds is 6. The molecule has 0 bridgehead atoms. The van der Waals surface area contributed by atoms with Crippen LogP contribution in [0.3, 0.4) is 0 Å². The van der Waals surface area contributed by atoms with Crippen LogP contribution in [0.1, 0.15) is 29.2 Å².